The van der Waals surface area contributed by atoms with E-state index in [2.05, 4.69) is 10.2 Å². The van der Waals surface area contributed by atoms with E-state index in [-0.39, 0.29) is 17.5 Å². The molecule has 1 atom stereocenters. The summed E-state index contributed by atoms with van der Waals surface area (Å²) >= 11 is 0. The van der Waals surface area contributed by atoms with Gasteiger partial charge < -0.3 is 10.4 Å². The van der Waals surface area contributed by atoms with Gasteiger partial charge in [-0.15, -0.1) is 0 Å². The van der Waals surface area contributed by atoms with Crippen molar-refractivity contribution in [3.8, 4) is 0 Å². The number of aliphatic hydroxyl groups is 1. The van der Waals surface area contributed by atoms with Gasteiger partial charge in [0.25, 0.3) is 5.91 Å². The summed E-state index contributed by atoms with van der Waals surface area (Å²) in [5.74, 6) is 0.695. The second-order valence-corrected chi connectivity index (χ2v) is 8.22. The number of carbonyl (C=O) groups is 1. The first-order valence-electron chi connectivity index (χ1n) is 9.52. The molecule has 1 aromatic carbocycles. The van der Waals surface area contributed by atoms with Gasteiger partial charge in [0, 0.05) is 31.2 Å². The number of hydrogen-bond acceptors (Lipinski definition) is 3. The molecule has 0 bridgehead atoms. The molecular formula is C20H26F2N2O2. The molecule has 3 aliphatic rings. The summed E-state index contributed by atoms with van der Waals surface area (Å²) in [7, 11) is 0. The van der Waals surface area contributed by atoms with Crippen LogP contribution in [0.1, 0.15) is 47.2 Å². The van der Waals surface area contributed by atoms with Gasteiger partial charge in [-0.1, -0.05) is 6.07 Å². The summed E-state index contributed by atoms with van der Waals surface area (Å²) in [6.45, 7) is 0.608. The number of rotatable bonds is 8. The molecule has 1 heterocycles. The molecule has 6 heteroatoms. The Balaban J connectivity index is 1.37. The average Bonchev–Trinajstić information content (AvgIpc) is 3.49. The molecule has 0 spiro atoms. The van der Waals surface area contributed by atoms with Crippen LogP contribution in [0.4, 0.5) is 8.78 Å². The molecule has 1 unspecified atom stereocenters. The molecule has 1 amide bonds. The second-order valence-electron chi connectivity index (χ2n) is 8.22. The number of hydrogen-bond donors (Lipinski definition) is 2. The van der Waals surface area contributed by atoms with E-state index in [4.69, 9.17) is 0 Å². The molecule has 26 heavy (non-hydrogen) atoms. The fraction of sp³-hybridized carbons (Fsp3) is 0.650. The summed E-state index contributed by atoms with van der Waals surface area (Å²) in [5, 5.41) is 13.5. The number of halogens is 2. The van der Waals surface area contributed by atoms with Gasteiger partial charge in [0.15, 0.2) is 0 Å². The minimum atomic E-state index is -0.778. The smallest absolute Gasteiger partial charge is 0.251 e. The Morgan fingerprint density at radius 1 is 1.19 bits per heavy atom. The van der Waals surface area contributed by atoms with Crippen LogP contribution in [-0.4, -0.2) is 47.2 Å². The molecule has 0 aromatic heterocycles. The zero-order chi connectivity index (χ0) is 18.3. The highest BCUT2D eigenvalue weighted by Gasteiger charge is 2.52. The lowest BCUT2D eigenvalue weighted by Crippen LogP contribution is -2.65. The molecule has 4 rings (SSSR count). The van der Waals surface area contributed by atoms with Crippen molar-refractivity contribution in [2.45, 2.75) is 50.7 Å². The van der Waals surface area contributed by atoms with Crippen LogP contribution in [0.2, 0.25) is 0 Å². The normalized spacial score (nSPS) is 23.3. The molecule has 4 nitrogen and oxygen atoms in total. The van der Waals surface area contributed by atoms with Gasteiger partial charge in [-0.2, -0.15) is 0 Å². The van der Waals surface area contributed by atoms with Crippen LogP contribution in [0.5, 0.6) is 0 Å². The predicted molar refractivity (Wildman–Crippen MR) is 94.2 cm³/mol. The summed E-state index contributed by atoms with van der Waals surface area (Å²) in [4.78, 5) is 14.8. The van der Waals surface area contributed by atoms with E-state index in [0.717, 1.165) is 32.2 Å². The Labute approximate surface area is 152 Å². The quantitative estimate of drug-likeness (QED) is 0.746. The molecule has 0 radical (unpaired) electrons. The van der Waals surface area contributed by atoms with Crippen LogP contribution in [-0.2, 0) is 13.3 Å². The number of benzene rings is 1. The number of amides is 1. The zero-order valence-electron chi connectivity index (χ0n) is 14.9. The average molecular weight is 364 g/mol. The highest BCUT2D eigenvalue weighted by atomic mass is 19.1. The highest BCUT2D eigenvalue weighted by molar-refractivity contribution is 5.94. The van der Waals surface area contributed by atoms with Crippen LogP contribution in [0.3, 0.4) is 0 Å². The first-order chi connectivity index (χ1) is 12.5. The zero-order valence-corrected chi connectivity index (χ0v) is 14.9. The minimum Gasteiger partial charge on any atom is -0.387 e. The van der Waals surface area contributed by atoms with E-state index in [1.54, 1.807) is 6.07 Å². The van der Waals surface area contributed by atoms with Crippen molar-refractivity contribution >= 4 is 5.91 Å². The Kier molecular flexibility index (Phi) is 4.73. The van der Waals surface area contributed by atoms with E-state index in [1.165, 1.54) is 12.1 Å². The first-order valence-corrected chi connectivity index (χ1v) is 9.52. The van der Waals surface area contributed by atoms with Gasteiger partial charge in [-0.05, 0) is 60.8 Å². The third-order valence-corrected chi connectivity index (χ3v) is 6.05. The van der Waals surface area contributed by atoms with Gasteiger partial charge in [-0.25, -0.2) is 8.78 Å². The maximum atomic E-state index is 13.1. The van der Waals surface area contributed by atoms with Crippen LogP contribution >= 0.6 is 0 Å². The molecular weight excluding hydrogens is 338 g/mol. The lowest BCUT2D eigenvalue weighted by Gasteiger charge is -2.48. The maximum absolute atomic E-state index is 13.1. The van der Waals surface area contributed by atoms with Gasteiger partial charge in [0.05, 0.1) is 5.60 Å². The lowest BCUT2D eigenvalue weighted by molar-refractivity contribution is -0.115. The van der Waals surface area contributed by atoms with Gasteiger partial charge in [0.1, 0.15) is 13.3 Å². The van der Waals surface area contributed by atoms with Crippen molar-refractivity contribution < 1.29 is 18.7 Å². The number of nitrogens with zero attached hydrogens (tertiary/aromatic N) is 1. The number of β-amino-alcohol motifs (C(OH)–C–C–N with tert-alkyl or cyclic N) is 1. The predicted octanol–water partition coefficient (Wildman–Crippen LogP) is 2.59. The number of alkyl halides is 2. The van der Waals surface area contributed by atoms with E-state index in [9.17, 15) is 18.7 Å². The van der Waals surface area contributed by atoms with Crippen molar-refractivity contribution in [1.82, 2.24) is 10.2 Å². The first kappa shape index (κ1) is 17.9. The molecule has 1 aliphatic heterocycles. The van der Waals surface area contributed by atoms with Crippen molar-refractivity contribution in [3.63, 3.8) is 0 Å². The molecule has 2 saturated carbocycles. The van der Waals surface area contributed by atoms with Crippen LogP contribution < -0.4 is 5.32 Å². The largest absolute Gasteiger partial charge is 0.387 e. The van der Waals surface area contributed by atoms with E-state index < -0.39 is 19.0 Å². The minimum absolute atomic E-state index is 0.0425. The van der Waals surface area contributed by atoms with E-state index in [0.29, 0.717) is 36.1 Å². The Morgan fingerprint density at radius 3 is 2.46 bits per heavy atom. The van der Waals surface area contributed by atoms with Crippen LogP contribution in [0.15, 0.2) is 18.2 Å². The fourth-order valence-corrected chi connectivity index (χ4v) is 4.10. The Morgan fingerprint density at radius 2 is 1.88 bits per heavy atom. The fourth-order valence-electron chi connectivity index (χ4n) is 4.10. The van der Waals surface area contributed by atoms with Crippen molar-refractivity contribution in [2.24, 2.45) is 11.8 Å². The molecule has 1 saturated heterocycles. The van der Waals surface area contributed by atoms with Crippen molar-refractivity contribution in [2.75, 3.05) is 19.6 Å². The number of carbonyl (C=O) groups excluding carboxylic acids is 1. The van der Waals surface area contributed by atoms with Gasteiger partial charge in [0.2, 0.25) is 0 Å². The topological polar surface area (TPSA) is 52.6 Å². The summed E-state index contributed by atoms with van der Waals surface area (Å²) in [5.41, 5.74) is 0.387. The molecule has 1 aromatic rings. The van der Waals surface area contributed by atoms with Crippen LogP contribution in [0.25, 0.3) is 0 Å². The van der Waals surface area contributed by atoms with Gasteiger partial charge >= 0.3 is 0 Å². The summed E-state index contributed by atoms with van der Waals surface area (Å²) in [6, 6.07) is 4.54. The molecule has 2 aliphatic carbocycles. The Hall–Kier alpha value is -1.53. The van der Waals surface area contributed by atoms with Crippen molar-refractivity contribution in [3.05, 3.63) is 34.9 Å². The third-order valence-electron chi connectivity index (χ3n) is 6.05. The van der Waals surface area contributed by atoms with E-state index >= 15 is 0 Å². The van der Waals surface area contributed by atoms with Gasteiger partial charge in [-0.3, -0.25) is 9.69 Å². The second kappa shape index (κ2) is 6.89. The monoisotopic (exact) mass is 364 g/mol. The molecule has 3 fully saturated rings. The number of likely N-dealkylation sites (tertiary alicyclic amines) is 1. The summed E-state index contributed by atoms with van der Waals surface area (Å²) in [6.07, 6.45) is 4.45. The summed E-state index contributed by atoms with van der Waals surface area (Å²) < 4.78 is 25.9. The Bertz CT molecular complexity index is 682. The van der Waals surface area contributed by atoms with Crippen molar-refractivity contribution in [1.29, 1.82) is 0 Å². The van der Waals surface area contributed by atoms with Crippen LogP contribution in [0, 0.1) is 11.8 Å². The number of nitrogens with one attached hydrogen (secondary N) is 1. The molecule has 142 valence electrons. The lowest BCUT2D eigenvalue weighted by atomic mass is 9.88. The third kappa shape index (κ3) is 3.62. The maximum Gasteiger partial charge on any atom is 0.251 e. The highest BCUT2D eigenvalue weighted by Crippen LogP contribution is 2.45. The standard InChI is InChI=1S/C20H26F2N2O2/c21-8-15-4-3-14(7-16(15)9-22)19(25)23-18(13-1-2-13)10-24-11-20(26,12-24)17-5-6-17/h3-4,7,13,17-18,26H,1-2,5-6,8-12H2,(H,23,25). The van der Waals surface area contributed by atoms with E-state index in [1.807, 2.05) is 0 Å². The molecule has 2 N–H and O–H groups in total. The SMILES string of the molecule is O=C(NC(CN1CC(O)(C2CC2)C1)C1CC1)c1ccc(CF)c(CF)c1.